The number of non-ortho nitro benzene ring substituents is 1. The molecule has 0 aliphatic heterocycles. The zero-order chi connectivity index (χ0) is 14.4. The van der Waals surface area contributed by atoms with Gasteiger partial charge in [0.2, 0.25) is 5.13 Å². The zero-order valence-electron chi connectivity index (χ0n) is 11.0. The van der Waals surface area contributed by atoms with Gasteiger partial charge in [0.15, 0.2) is 0 Å². The van der Waals surface area contributed by atoms with Crippen LogP contribution in [0.2, 0.25) is 0 Å². The van der Waals surface area contributed by atoms with Gasteiger partial charge in [0.05, 0.1) is 4.92 Å². The molecule has 7 heteroatoms. The lowest BCUT2D eigenvalue weighted by atomic mass is 10.2. The first kappa shape index (κ1) is 14.3. The fourth-order valence-corrected chi connectivity index (χ4v) is 2.26. The Kier molecular flexibility index (Phi) is 4.89. The van der Waals surface area contributed by atoms with Crippen molar-refractivity contribution < 1.29 is 4.92 Å². The average molecular weight is 290 g/mol. The predicted octanol–water partition coefficient (Wildman–Crippen LogP) is 3.54. The van der Waals surface area contributed by atoms with E-state index in [0.717, 1.165) is 29.8 Å². The number of aryl methyl sites for hydroxylation is 1. The molecule has 0 atom stereocenters. The molecule has 1 heterocycles. The Morgan fingerprint density at radius 1 is 1.35 bits per heavy atom. The first-order valence-electron chi connectivity index (χ1n) is 6.30. The molecule has 0 spiro atoms. The van der Waals surface area contributed by atoms with E-state index in [1.807, 2.05) is 0 Å². The Morgan fingerprint density at radius 3 is 2.75 bits per heavy atom. The van der Waals surface area contributed by atoms with E-state index in [2.05, 4.69) is 22.1 Å². The molecule has 0 aliphatic rings. The zero-order valence-corrected chi connectivity index (χ0v) is 11.8. The van der Waals surface area contributed by atoms with Crippen LogP contribution in [0.4, 0.5) is 10.8 Å². The summed E-state index contributed by atoms with van der Waals surface area (Å²) >= 11 is 1.47. The average Bonchev–Trinajstić information content (AvgIpc) is 2.91. The quantitative estimate of drug-likeness (QED) is 0.463. The Bertz CT molecular complexity index is 607. The fourth-order valence-electron chi connectivity index (χ4n) is 1.54. The van der Waals surface area contributed by atoms with Gasteiger partial charge in [-0.15, -0.1) is 10.2 Å². The van der Waals surface area contributed by atoms with Crippen molar-refractivity contribution in [2.75, 3.05) is 0 Å². The molecule has 0 radical (unpaired) electrons. The molecule has 0 unspecified atom stereocenters. The molecule has 104 valence electrons. The highest BCUT2D eigenvalue weighted by atomic mass is 32.1. The van der Waals surface area contributed by atoms with Crippen LogP contribution in [0.3, 0.4) is 0 Å². The van der Waals surface area contributed by atoms with Crippen molar-refractivity contribution in [1.29, 1.82) is 0 Å². The van der Waals surface area contributed by atoms with Gasteiger partial charge >= 0.3 is 0 Å². The molecule has 1 aromatic heterocycles. The van der Waals surface area contributed by atoms with Gasteiger partial charge in [0.1, 0.15) is 5.01 Å². The second kappa shape index (κ2) is 6.85. The number of rotatable bonds is 6. The van der Waals surface area contributed by atoms with Gasteiger partial charge < -0.3 is 0 Å². The number of hydrogen-bond acceptors (Lipinski definition) is 6. The number of unbranched alkanes of at least 4 members (excludes halogenated alkanes) is 1. The lowest BCUT2D eigenvalue weighted by molar-refractivity contribution is -0.384. The van der Waals surface area contributed by atoms with Gasteiger partial charge in [0.25, 0.3) is 5.69 Å². The third-order valence-electron chi connectivity index (χ3n) is 2.63. The van der Waals surface area contributed by atoms with Crippen molar-refractivity contribution in [3.05, 3.63) is 45.0 Å². The molecule has 0 fully saturated rings. The molecule has 1 aromatic carbocycles. The smallest absolute Gasteiger partial charge is 0.258 e. The van der Waals surface area contributed by atoms with Crippen LogP contribution in [0.15, 0.2) is 29.3 Å². The minimum Gasteiger partial charge on any atom is -0.258 e. The largest absolute Gasteiger partial charge is 0.269 e. The minimum absolute atomic E-state index is 0.0694. The van der Waals surface area contributed by atoms with Crippen LogP contribution in [0.1, 0.15) is 30.3 Å². The first-order chi connectivity index (χ1) is 9.69. The normalized spacial score (nSPS) is 11.1. The van der Waals surface area contributed by atoms with Crippen molar-refractivity contribution >= 4 is 28.4 Å². The van der Waals surface area contributed by atoms with E-state index in [9.17, 15) is 10.1 Å². The van der Waals surface area contributed by atoms with Gasteiger partial charge in [-0.25, -0.2) is 4.99 Å². The van der Waals surface area contributed by atoms with Crippen molar-refractivity contribution in [3.8, 4) is 0 Å². The summed E-state index contributed by atoms with van der Waals surface area (Å²) in [5.74, 6) is 0. The highest BCUT2D eigenvalue weighted by Gasteiger charge is 2.04. The van der Waals surface area contributed by atoms with Gasteiger partial charge in [-0.05, 0) is 24.1 Å². The monoisotopic (exact) mass is 290 g/mol. The third-order valence-corrected chi connectivity index (χ3v) is 3.52. The maximum Gasteiger partial charge on any atom is 0.269 e. The second-order valence-corrected chi connectivity index (χ2v) is 5.23. The fraction of sp³-hybridized carbons (Fsp3) is 0.308. The summed E-state index contributed by atoms with van der Waals surface area (Å²) in [6.07, 6.45) is 4.79. The molecule has 20 heavy (non-hydrogen) atoms. The topological polar surface area (TPSA) is 81.3 Å². The maximum atomic E-state index is 10.5. The van der Waals surface area contributed by atoms with Crippen molar-refractivity contribution in [2.24, 2.45) is 4.99 Å². The summed E-state index contributed by atoms with van der Waals surface area (Å²) in [6, 6.07) is 6.21. The van der Waals surface area contributed by atoms with E-state index < -0.39 is 4.92 Å². The van der Waals surface area contributed by atoms with Crippen molar-refractivity contribution in [1.82, 2.24) is 10.2 Å². The molecule has 0 saturated carbocycles. The summed E-state index contributed by atoms with van der Waals surface area (Å²) in [6.45, 7) is 2.13. The summed E-state index contributed by atoms with van der Waals surface area (Å²) in [5.41, 5.74) is 0.862. The van der Waals surface area contributed by atoms with Crippen molar-refractivity contribution in [2.45, 2.75) is 26.2 Å². The van der Waals surface area contributed by atoms with E-state index in [4.69, 9.17) is 0 Å². The standard InChI is InChI=1S/C13H14N4O2S/c1-2-3-4-12-15-16-13(20-12)14-9-10-5-7-11(8-6-10)17(18)19/h5-9H,2-4H2,1H3. The van der Waals surface area contributed by atoms with E-state index >= 15 is 0 Å². The van der Waals surface area contributed by atoms with Crippen LogP contribution in [0, 0.1) is 10.1 Å². The third kappa shape index (κ3) is 3.92. The van der Waals surface area contributed by atoms with Crippen LogP contribution in [-0.2, 0) is 6.42 Å². The van der Waals surface area contributed by atoms with Gasteiger partial charge in [-0.1, -0.05) is 24.7 Å². The number of nitro groups is 1. The molecule has 2 rings (SSSR count). The van der Waals surface area contributed by atoms with E-state index in [0.29, 0.717) is 5.13 Å². The molecule has 0 saturated heterocycles. The molecule has 0 aliphatic carbocycles. The number of nitrogens with zero attached hydrogens (tertiary/aromatic N) is 4. The summed E-state index contributed by atoms with van der Waals surface area (Å²) in [7, 11) is 0. The molecule has 0 bridgehead atoms. The Labute approximate surface area is 120 Å². The Morgan fingerprint density at radius 2 is 2.10 bits per heavy atom. The van der Waals surface area contributed by atoms with E-state index in [1.165, 1.54) is 23.5 Å². The number of nitro benzene ring substituents is 1. The molecular weight excluding hydrogens is 276 g/mol. The lowest BCUT2D eigenvalue weighted by Crippen LogP contribution is -1.88. The molecule has 2 aromatic rings. The Balaban J connectivity index is 2.01. The predicted molar refractivity (Wildman–Crippen MR) is 78.9 cm³/mol. The van der Waals surface area contributed by atoms with Crippen LogP contribution in [0.25, 0.3) is 0 Å². The molecule has 6 nitrogen and oxygen atoms in total. The maximum absolute atomic E-state index is 10.5. The first-order valence-corrected chi connectivity index (χ1v) is 7.11. The van der Waals surface area contributed by atoms with E-state index in [1.54, 1.807) is 18.3 Å². The minimum atomic E-state index is -0.425. The highest BCUT2D eigenvalue weighted by Crippen LogP contribution is 2.20. The van der Waals surface area contributed by atoms with Gasteiger partial charge in [-0.2, -0.15) is 0 Å². The van der Waals surface area contributed by atoms with Gasteiger partial charge in [-0.3, -0.25) is 10.1 Å². The molecule has 0 N–H and O–H groups in total. The second-order valence-electron chi connectivity index (χ2n) is 4.19. The highest BCUT2D eigenvalue weighted by molar-refractivity contribution is 7.14. The van der Waals surface area contributed by atoms with Gasteiger partial charge in [0, 0.05) is 24.8 Å². The SMILES string of the molecule is CCCCc1nnc(N=Cc2ccc([N+](=O)[O-])cc2)s1. The number of aliphatic imine (C=N–C) groups is 1. The molecular formula is C13H14N4O2S. The van der Waals surface area contributed by atoms with Crippen LogP contribution < -0.4 is 0 Å². The number of aromatic nitrogens is 2. The molecule has 0 amide bonds. The number of hydrogen-bond donors (Lipinski definition) is 0. The summed E-state index contributed by atoms with van der Waals surface area (Å²) in [4.78, 5) is 14.3. The van der Waals surface area contributed by atoms with Crippen LogP contribution >= 0.6 is 11.3 Å². The van der Waals surface area contributed by atoms with Crippen LogP contribution in [-0.4, -0.2) is 21.3 Å². The van der Waals surface area contributed by atoms with Crippen molar-refractivity contribution in [3.63, 3.8) is 0 Å². The van der Waals surface area contributed by atoms with E-state index in [-0.39, 0.29) is 5.69 Å². The number of benzene rings is 1. The lowest BCUT2D eigenvalue weighted by Gasteiger charge is -1.92. The van der Waals surface area contributed by atoms with Crippen LogP contribution in [0.5, 0.6) is 0 Å². The summed E-state index contributed by atoms with van der Waals surface area (Å²) < 4.78 is 0. The Hall–Kier alpha value is -2.15. The summed E-state index contributed by atoms with van der Waals surface area (Å²) in [5, 5.41) is 20.2.